The number of pyridine rings is 1. The van der Waals surface area contributed by atoms with Crippen LogP contribution in [0.2, 0.25) is 0 Å². The standard InChI is InChI=1S/C26H32N4/c1-2-8-24(7-1)29-15-17-30(18-16-29)25-11-9-21(10-12-25)19-22-5-4-14-28-26(22)23-6-3-13-27-20-23/h3,6,9-13,19-20,24H,1-2,4-5,7-8,14-18H2/b22-19+. The van der Waals surface area contributed by atoms with Crippen LogP contribution in [0.1, 0.15) is 49.7 Å². The van der Waals surface area contributed by atoms with Crippen LogP contribution in [0.4, 0.5) is 5.69 Å². The average Bonchev–Trinajstić information content (AvgIpc) is 3.36. The van der Waals surface area contributed by atoms with Gasteiger partial charge >= 0.3 is 0 Å². The molecule has 4 nitrogen and oxygen atoms in total. The van der Waals surface area contributed by atoms with Crippen molar-refractivity contribution in [1.82, 2.24) is 9.88 Å². The number of aromatic nitrogens is 1. The molecular formula is C26H32N4. The van der Waals surface area contributed by atoms with E-state index in [1.165, 1.54) is 55.6 Å². The molecule has 1 aromatic carbocycles. The van der Waals surface area contributed by atoms with Gasteiger partial charge in [0, 0.05) is 62.4 Å². The maximum Gasteiger partial charge on any atom is 0.0694 e. The lowest BCUT2D eigenvalue weighted by Crippen LogP contribution is -2.49. The molecule has 0 bridgehead atoms. The van der Waals surface area contributed by atoms with E-state index < -0.39 is 0 Å². The number of aliphatic imine (C=N–C) groups is 1. The number of allylic oxidation sites excluding steroid dienone is 1. The fourth-order valence-corrected chi connectivity index (χ4v) is 5.20. The first-order valence-corrected chi connectivity index (χ1v) is 11.6. The minimum absolute atomic E-state index is 0.854. The molecule has 0 radical (unpaired) electrons. The molecule has 30 heavy (non-hydrogen) atoms. The lowest BCUT2D eigenvalue weighted by atomic mass is 9.95. The van der Waals surface area contributed by atoms with Crippen LogP contribution in [0.5, 0.6) is 0 Å². The molecular weight excluding hydrogens is 368 g/mol. The van der Waals surface area contributed by atoms with Crippen LogP contribution >= 0.6 is 0 Å². The number of piperazine rings is 1. The van der Waals surface area contributed by atoms with Crippen molar-refractivity contribution in [2.75, 3.05) is 37.6 Å². The molecule has 2 aliphatic heterocycles. The van der Waals surface area contributed by atoms with Gasteiger partial charge in [-0.05, 0) is 67.2 Å². The third-order valence-electron chi connectivity index (χ3n) is 6.87. The molecule has 0 amide bonds. The minimum Gasteiger partial charge on any atom is -0.369 e. The van der Waals surface area contributed by atoms with E-state index in [9.17, 15) is 0 Å². The third kappa shape index (κ3) is 4.34. The summed E-state index contributed by atoms with van der Waals surface area (Å²) in [4.78, 5) is 14.4. The first kappa shape index (κ1) is 19.5. The Hall–Kier alpha value is -2.46. The smallest absolute Gasteiger partial charge is 0.0694 e. The highest BCUT2D eigenvalue weighted by molar-refractivity contribution is 6.15. The van der Waals surface area contributed by atoms with E-state index in [2.05, 4.69) is 51.2 Å². The first-order valence-electron chi connectivity index (χ1n) is 11.6. The molecule has 3 heterocycles. The maximum atomic E-state index is 4.80. The molecule has 5 rings (SSSR count). The van der Waals surface area contributed by atoms with Gasteiger partial charge in [0.05, 0.1) is 5.71 Å². The second-order valence-corrected chi connectivity index (χ2v) is 8.80. The van der Waals surface area contributed by atoms with Crippen LogP contribution in [-0.2, 0) is 0 Å². The van der Waals surface area contributed by atoms with E-state index in [1.807, 2.05) is 18.5 Å². The SMILES string of the molecule is C(=C1/CCCN=C1c1cccnc1)/c1ccc(N2CCN(C3CCCC3)CC2)cc1. The Bertz CT molecular complexity index is 886. The van der Waals surface area contributed by atoms with Gasteiger partial charge in [-0.25, -0.2) is 0 Å². The second kappa shape index (κ2) is 9.13. The topological polar surface area (TPSA) is 31.7 Å². The second-order valence-electron chi connectivity index (χ2n) is 8.80. The van der Waals surface area contributed by atoms with Crippen molar-refractivity contribution in [1.29, 1.82) is 0 Å². The molecule has 0 unspecified atom stereocenters. The highest BCUT2D eigenvalue weighted by Gasteiger charge is 2.26. The van der Waals surface area contributed by atoms with Crippen LogP contribution in [-0.4, -0.2) is 54.4 Å². The van der Waals surface area contributed by atoms with Gasteiger partial charge in [-0.15, -0.1) is 0 Å². The fraction of sp³-hybridized carbons (Fsp3) is 0.462. The average molecular weight is 401 g/mol. The number of nitrogens with zero attached hydrogens (tertiary/aromatic N) is 4. The Balaban J connectivity index is 1.26. The van der Waals surface area contributed by atoms with Gasteiger partial charge in [0.25, 0.3) is 0 Å². The van der Waals surface area contributed by atoms with Crippen molar-refractivity contribution in [3.05, 3.63) is 65.5 Å². The Morgan fingerprint density at radius 2 is 1.70 bits per heavy atom. The quantitative estimate of drug-likeness (QED) is 0.738. The summed E-state index contributed by atoms with van der Waals surface area (Å²) in [6.07, 6.45) is 13.9. The molecule has 1 saturated carbocycles. The van der Waals surface area contributed by atoms with Crippen LogP contribution in [0, 0.1) is 0 Å². The van der Waals surface area contributed by atoms with E-state index in [1.54, 1.807) is 0 Å². The lowest BCUT2D eigenvalue weighted by molar-refractivity contribution is 0.187. The zero-order valence-electron chi connectivity index (χ0n) is 17.8. The zero-order valence-corrected chi connectivity index (χ0v) is 17.8. The van der Waals surface area contributed by atoms with Crippen LogP contribution in [0.25, 0.3) is 6.08 Å². The van der Waals surface area contributed by atoms with E-state index in [0.29, 0.717) is 0 Å². The van der Waals surface area contributed by atoms with Crippen LogP contribution < -0.4 is 4.90 Å². The highest BCUT2D eigenvalue weighted by atomic mass is 15.3. The van der Waals surface area contributed by atoms with Crippen LogP contribution in [0.15, 0.2) is 59.4 Å². The molecule has 1 saturated heterocycles. The Labute approximate surface area is 180 Å². The number of benzene rings is 1. The highest BCUT2D eigenvalue weighted by Crippen LogP contribution is 2.27. The predicted octanol–water partition coefficient (Wildman–Crippen LogP) is 4.81. The normalized spacial score (nSPS) is 22.5. The molecule has 156 valence electrons. The zero-order chi connectivity index (χ0) is 20.2. The predicted molar refractivity (Wildman–Crippen MR) is 125 cm³/mol. The molecule has 2 aromatic rings. The Morgan fingerprint density at radius 3 is 2.43 bits per heavy atom. The summed E-state index contributed by atoms with van der Waals surface area (Å²) in [5.41, 5.74) is 6.18. The largest absolute Gasteiger partial charge is 0.369 e. The molecule has 4 heteroatoms. The fourth-order valence-electron chi connectivity index (χ4n) is 5.20. The van der Waals surface area contributed by atoms with Crippen molar-refractivity contribution in [3.8, 4) is 0 Å². The number of rotatable bonds is 4. The van der Waals surface area contributed by atoms with E-state index >= 15 is 0 Å². The number of hydrogen-bond donors (Lipinski definition) is 0. The summed E-state index contributed by atoms with van der Waals surface area (Å²) >= 11 is 0. The van der Waals surface area contributed by atoms with E-state index in [-0.39, 0.29) is 0 Å². The van der Waals surface area contributed by atoms with Gasteiger partial charge in [-0.1, -0.05) is 25.0 Å². The summed E-state index contributed by atoms with van der Waals surface area (Å²) in [6, 6.07) is 14.1. The van der Waals surface area contributed by atoms with Crippen molar-refractivity contribution in [2.24, 2.45) is 4.99 Å². The van der Waals surface area contributed by atoms with Gasteiger partial charge in [-0.3, -0.25) is 14.9 Å². The van der Waals surface area contributed by atoms with Gasteiger partial charge in [-0.2, -0.15) is 0 Å². The Kier molecular flexibility index (Phi) is 5.94. The Morgan fingerprint density at radius 1 is 0.900 bits per heavy atom. The molecule has 1 aromatic heterocycles. The van der Waals surface area contributed by atoms with Crippen molar-refractivity contribution in [3.63, 3.8) is 0 Å². The molecule has 0 atom stereocenters. The first-order chi connectivity index (χ1) is 14.9. The summed E-state index contributed by atoms with van der Waals surface area (Å²) < 4.78 is 0. The summed E-state index contributed by atoms with van der Waals surface area (Å²) in [6.45, 7) is 5.62. The van der Waals surface area contributed by atoms with Gasteiger partial charge < -0.3 is 4.90 Å². The van der Waals surface area contributed by atoms with Crippen molar-refractivity contribution >= 4 is 17.5 Å². The summed E-state index contributed by atoms with van der Waals surface area (Å²) in [5, 5.41) is 0. The van der Waals surface area contributed by atoms with Crippen molar-refractivity contribution in [2.45, 2.75) is 44.6 Å². The summed E-state index contributed by atoms with van der Waals surface area (Å²) in [5.74, 6) is 0. The molecule has 1 aliphatic carbocycles. The van der Waals surface area contributed by atoms with Crippen LogP contribution in [0.3, 0.4) is 0 Å². The van der Waals surface area contributed by atoms with E-state index in [0.717, 1.165) is 49.8 Å². The molecule has 0 N–H and O–H groups in total. The van der Waals surface area contributed by atoms with Crippen molar-refractivity contribution < 1.29 is 0 Å². The van der Waals surface area contributed by atoms with Gasteiger partial charge in [0.15, 0.2) is 0 Å². The summed E-state index contributed by atoms with van der Waals surface area (Å²) in [7, 11) is 0. The minimum atomic E-state index is 0.854. The number of hydrogen-bond acceptors (Lipinski definition) is 4. The number of anilines is 1. The molecule has 0 spiro atoms. The lowest BCUT2D eigenvalue weighted by Gasteiger charge is -2.39. The monoisotopic (exact) mass is 400 g/mol. The maximum absolute atomic E-state index is 4.80. The van der Waals surface area contributed by atoms with Gasteiger partial charge in [0.1, 0.15) is 0 Å². The molecule has 2 fully saturated rings. The molecule has 3 aliphatic rings. The van der Waals surface area contributed by atoms with E-state index in [4.69, 9.17) is 4.99 Å². The third-order valence-corrected chi connectivity index (χ3v) is 6.87. The van der Waals surface area contributed by atoms with Gasteiger partial charge in [0.2, 0.25) is 0 Å².